The Morgan fingerprint density at radius 1 is 1.17 bits per heavy atom. The molecule has 0 aliphatic carbocycles. The van der Waals surface area contributed by atoms with Crippen molar-refractivity contribution in [3.05, 3.63) is 35.4 Å². The van der Waals surface area contributed by atoms with Crippen LogP contribution in [0.1, 0.15) is 57.2 Å². The third-order valence-corrected chi connectivity index (χ3v) is 3.50. The maximum absolute atomic E-state index is 9.20. The smallest absolute Gasteiger partial charge is 0.0584 e. The first-order valence-electron chi connectivity index (χ1n) is 7.17. The molecule has 0 radical (unpaired) electrons. The van der Waals surface area contributed by atoms with Gasteiger partial charge >= 0.3 is 0 Å². The van der Waals surface area contributed by atoms with Crippen LogP contribution in [0.25, 0.3) is 0 Å². The van der Waals surface area contributed by atoms with Gasteiger partial charge in [-0.2, -0.15) is 0 Å². The maximum Gasteiger partial charge on any atom is 0.0584 e. The molecule has 0 aromatic heterocycles. The second-order valence-electron chi connectivity index (χ2n) is 5.02. The van der Waals surface area contributed by atoms with Crippen LogP contribution in [0.4, 0.5) is 0 Å². The second-order valence-corrected chi connectivity index (χ2v) is 5.02. The zero-order chi connectivity index (χ0) is 13.4. The average Bonchev–Trinajstić information content (AvgIpc) is 2.42. The SMILES string of the molecule is CCCCc1ccc(C(C)NC(CC)CO)cc1. The van der Waals surface area contributed by atoms with E-state index < -0.39 is 0 Å². The Balaban J connectivity index is 2.55. The summed E-state index contributed by atoms with van der Waals surface area (Å²) in [5.74, 6) is 0. The quantitative estimate of drug-likeness (QED) is 0.739. The van der Waals surface area contributed by atoms with Gasteiger partial charge in [0.2, 0.25) is 0 Å². The van der Waals surface area contributed by atoms with Crippen LogP contribution in [0.5, 0.6) is 0 Å². The van der Waals surface area contributed by atoms with Crippen LogP contribution in [-0.4, -0.2) is 17.8 Å². The Kier molecular flexibility index (Phi) is 6.99. The molecule has 102 valence electrons. The summed E-state index contributed by atoms with van der Waals surface area (Å²) >= 11 is 0. The highest BCUT2D eigenvalue weighted by Gasteiger charge is 2.10. The molecule has 0 amide bonds. The summed E-state index contributed by atoms with van der Waals surface area (Å²) in [6.07, 6.45) is 4.63. The number of benzene rings is 1. The molecule has 2 nitrogen and oxygen atoms in total. The zero-order valence-electron chi connectivity index (χ0n) is 11.9. The third kappa shape index (κ3) is 4.79. The van der Waals surface area contributed by atoms with Gasteiger partial charge in [-0.05, 0) is 37.3 Å². The largest absolute Gasteiger partial charge is 0.395 e. The first kappa shape index (κ1) is 15.2. The van der Waals surface area contributed by atoms with Gasteiger partial charge in [-0.25, -0.2) is 0 Å². The van der Waals surface area contributed by atoms with Crippen LogP contribution in [0.2, 0.25) is 0 Å². The Bertz CT molecular complexity index is 316. The number of unbranched alkanes of at least 4 members (excludes halogenated alkanes) is 1. The molecular weight excluding hydrogens is 222 g/mol. The van der Waals surface area contributed by atoms with Crippen LogP contribution in [0.3, 0.4) is 0 Å². The van der Waals surface area contributed by atoms with Crippen LogP contribution in [-0.2, 0) is 6.42 Å². The Labute approximate surface area is 111 Å². The van der Waals surface area contributed by atoms with Crippen molar-refractivity contribution in [2.45, 2.75) is 58.5 Å². The minimum atomic E-state index is 0.194. The highest BCUT2D eigenvalue weighted by Crippen LogP contribution is 2.15. The van der Waals surface area contributed by atoms with Crippen molar-refractivity contribution in [3.8, 4) is 0 Å². The molecule has 2 unspecified atom stereocenters. The monoisotopic (exact) mass is 249 g/mol. The maximum atomic E-state index is 9.20. The standard InChI is InChI=1S/C16H27NO/c1-4-6-7-14-8-10-15(11-9-14)13(3)17-16(5-2)12-18/h8-11,13,16-18H,4-7,12H2,1-3H3. The molecule has 1 aromatic carbocycles. The van der Waals surface area contributed by atoms with Gasteiger partial charge in [-0.3, -0.25) is 0 Å². The highest BCUT2D eigenvalue weighted by atomic mass is 16.3. The highest BCUT2D eigenvalue weighted by molar-refractivity contribution is 5.24. The van der Waals surface area contributed by atoms with E-state index in [0.29, 0.717) is 6.04 Å². The van der Waals surface area contributed by atoms with Gasteiger partial charge in [-0.1, -0.05) is 44.5 Å². The minimum Gasteiger partial charge on any atom is -0.395 e. The van der Waals surface area contributed by atoms with Crippen molar-refractivity contribution in [1.82, 2.24) is 5.32 Å². The number of nitrogens with one attached hydrogen (secondary N) is 1. The number of hydrogen-bond donors (Lipinski definition) is 2. The average molecular weight is 249 g/mol. The van der Waals surface area contributed by atoms with E-state index in [1.165, 1.54) is 30.4 Å². The third-order valence-electron chi connectivity index (χ3n) is 3.50. The molecule has 0 spiro atoms. The van der Waals surface area contributed by atoms with Gasteiger partial charge in [0.1, 0.15) is 0 Å². The van der Waals surface area contributed by atoms with E-state index in [9.17, 15) is 5.11 Å². The first-order valence-corrected chi connectivity index (χ1v) is 7.17. The van der Waals surface area contributed by atoms with Crippen molar-refractivity contribution in [2.75, 3.05) is 6.61 Å². The van der Waals surface area contributed by atoms with Gasteiger partial charge < -0.3 is 10.4 Å². The molecule has 0 saturated heterocycles. The molecule has 2 heteroatoms. The fraction of sp³-hybridized carbons (Fsp3) is 0.625. The van der Waals surface area contributed by atoms with Gasteiger partial charge in [0.15, 0.2) is 0 Å². The van der Waals surface area contributed by atoms with E-state index in [0.717, 1.165) is 6.42 Å². The molecule has 0 bridgehead atoms. The van der Waals surface area contributed by atoms with Crippen molar-refractivity contribution in [1.29, 1.82) is 0 Å². The lowest BCUT2D eigenvalue weighted by Crippen LogP contribution is -2.33. The topological polar surface area (TPSA) is 32.3 Å². The Hall–Kier alpha value is -0.860. The lowest BCUT2D eigenvalue weighted by atomic mass is 10.0. The molecule has 1 aromatic rings. The number of aliphatic hydroxyl groups is 1. The molecule has 0 fully saturated rings. The first-order chi connectivity index (χ1) is 8.71. The summed E-state index contributed by atoms with van der Waals surface area (Å²) in [6.45, 7) is 6.67. The lowest BCUT2D eigenvalue weighted by molar-refractivity contribution is 0.230. The number of rotatable bonds is 8. The lowest BCUT2D eigenvalue weighted by Gasteiger charge is -2.21. The van der Waals surface area contributed by atoms with Gasteiger partial charge in [0.05, 0.1) is 6.61 Å². The summed E-state index contributed by atoms with van der Waals surface area (Å²) in [4.78, 5) is 0. The number of aliphatic hydroxyl groups excluding tert-OH is 1. The van der Waals surface area contributed by atoms with Crippen LogP contribution in [0.15, 0.2) is 24.3 Å². The van der Waals surface area contributed by atoms with Crippen LogP contribution in [0, 0.1) is 0 Å². The van der Waals surface area contributed by atoms with E-state index in [1.54, 1.807) is 0 Å². The number of hydrogen-bond acceptors (Lipinski definition) is 2. The molecular formula is C16H27NO. The molecule has 0 aliphatic rings. The van der Waals surface area contributed by atoms with Crippen molar-refractivity contribution >= 4 is 0 Å². The summed E-state index contributed by atoms with van der Waals surface area (Å²) in [5, 5.41) is 12.6. The van der Waals surface area contributed by atoms with Crippen molar-refractivity contribution < 1.29 is 5.11 Å². The fourth-order valence-corrected chi connectivity index (χ4v) is 2.10. The molecule has 2 atom stereocenters. The Morgan fingerprint density at radius 2 is 1.83 bits per heavy atom. The van der Waals surface area contributed by atoms with Crippen molar-refractivity contribution in [2.24, 2.45) is 0 Å². The predicted octanol–water partition coefficient (Wildman–Crippen LogP) is 3.45. The molecule has 18 heavy (non-hydrogen) atoms. The zero-order valence-corrected chi connectivity index (χ0v) is 11.9. The summed E-state index contributed by atoms with van der Waals surface area (Å²) in [5.41, 5.74) is 2.71. The molecule has 0 heterocycles. The fourth-order valence-electron chi connectivity index (χ4n) is 2.10. The van der Waals surface area contributed by atoms with E-state index in [-0.39, 0.29) is 12.6 Å². The minimum absolute atomic E-state index is 0.194. The van der Waals surface area contributed by atoms with Gasteiger partial charge in [-0.15, -0.1) is 0 Å². The van der Waals surface area contributed by atoms with Crippen LogP contribution < -0.4 is 5.32 Å². The van der Waals surface area contributed by atoms with Gasteiger partial charge in [0.25, 0.3) is 0 Å². The molecule has 2 N–H and O–H groups in total. The van der Waals surface area contributed by atoms with E-state index >= 15 is 0 Å². The number of aryl methyl sites for hydroxylation is 1. The Morgan fingerprint density at radius 3 is 2.33 bits per heavy atom. The second kappa shape index (κ2) is 8.28. The van der Waals surface area contributed by atoms with Crippen LogP contribution >= 0.6 is 0 Å². The summed E-state index contributed by atoms with van der Waals surface area (Å²) in [7, 11) is 0. The molecule has 1 rings (SSSR count). The molecule has 0 aliphatic heterocycles. The summed E-state index contributed by atoms with van der Waals surface area (Å²) in [6, 6.07) is 9.34. The van der Waals surface area contributed by atoms with E-state index in [1.807, 2.05) is 0 Å². The van der Waals surface area contributed by atoms with E-state index in [2.05, 4.69) is 50.4 Å². The van der Waals surface area contributed by atoms with Crippen molar-refractivity contribution in [3.63, 3.8) is 0 Å². The van der Waals surface area contributed by atoms with E-state index in [4.69, 9.17) is 0 Å². The normalized spacial score (nSPS) is 14.4. The van der Waals surface area contributed by atoms with Gasteiger partial charge in [0, 0.05) is 12.1 Å². The summed E-state index contributed by atoms with van der Waals surface area (Å²) < 4.78 is 0. The molecule has 0 saturated carbocycles. The predicted molar refractivity (Wildman–Crippen MR) is 77.8 cm³/mol.